The molecule has 15 heavy (non-hydrogen) atoms. The van der Waals surface area contributed by atoms with Gasteiger partial charge in [-0.1, -0.05) is 6.92 Å². The molecule has 1 rings (SSSR count). The van der Waals surface area contributed by atoms with Gasteiger partial charge in [0.15, 0.2) is 0 Å². The summed E-state index contributed by atoms with van der Waals surface area (Å²) < 4.78 is 10.3. The number of ether oxygens (including phenoxy) is 2. The molecule has 4 heteroatoms. The Kier molecular flexibility index (Phi) is 4.54. The number of carbonyl (C=O) groups is 1. The van der Waals surface area contributed by atoms with E-state index in [1.54, 1.807) is 6.92 Å². The van der Waals surface area contributed by atoms with Crippen LogP contribution in [0.5, 0.6) is 0 Å². The summed E-state index contributed by atoms with van der Waals surface area (Å²) >= 11 is 0. The second-order valence-electron chi connectivity index (χ2n) is 4.30. The van der Waals surface area contributed by atoms with Crippen molar-refractivity contribution in [3.05, 3.63) is 0 Å². The number of carbonyl (C=O) groups excluding carboxylic acids is 1. The molecule has 0 bridgehead atoms. The van der Waals surface area contributed by atoms with E-state index in [4.69, 9.17) is 4.74 Å². The predicted molar refractivity (Wildman–Crippen MR) is 55.4 cm³/mol. The Balaban J connectivity index is 2.46. The van der Waals surface area contributed by atoms with Gasteiger partial charge in [-0.15, -0.1) is 0 Å². The van der Waals surface area contributed by atoms with Gasteiger partial charge in [-0.2, -0.15) is 0 Å². The highest BCUT2D eigenvalue weighted by Crippen LogP contribution is 2.28. The van der Waals surface area contributed by atoms with E-state index in [0.717, 1.165) is 12.8 Å². The Hall–Kier alpha value is -0.610. The van der Waals surface area contributed by atoms with Gasteiger partial charge < -0.3 is 14.6 Å². The summed E-state index contributed by atoms with van der Waals surface area (Å²) in [4.78, 5) is 11.1. The number of aliphatic hydroxyl groups is 1. The van der Waals surface area contributed by atoms with E-state index in [9.17, 15) is 9.90 Å². The van der Waals surface area contributed by atoms with Crippen LogP contribution in [0, 0.1) is 5.92 Å². The fraction of sp³-hybridized carbons (Fsp3) is 0.909. The normalized spacial score (nSPS) is 33.5. The topological polar surface area (TPSA) is 55.8 Å². The van der Waals surface area contributed by atoms with Crippen LogP contribution in [0.4, 0.5) is 0 Å². The van der Waals surface area contributed by atoms with E-state index >= 15 is 0 Å². The van der Waals surface area contributed by atoms with Crippen LogP contribution < -0.4 is 0 Å². The van der Waals surface area contributed by atoms with Crippen LogP contribution in [0.25, 0.3) is 0 Å². The molecule has 1 heterocycles. The summed E-state index contributed by atoms with van der Waals surface area (Å²) in [6, 6.07) is 0. The Morgan fingerprint density at radius 2 is 2.27 bits per heavy atom. The van der Waals surface area contributed by atoms with Crippen molar-refractivity contribution in [2.24, 2.45) is 5.92 Å². The fourth-order valence-corrected chi connectivity index (χ4v) is 2.05. The minimum atomic E-state index is -0.486. The third-order valence-corrected chi connectivity index (χ3v) is 2.95. The van der Waals surface area contributed by atoms with Crippen LogP contribution in [-0.2, 0) is 14.3 Å². The predicted octanol–water partition coefficient (Wildman–Crippen LogP) is 1.11. The maximum absolute atomic E-state index is 11.1. The molecule has 1 N–H and O–H groups in total. The molecule has 0 saturated carbocycles. The molecule has 4 atom stereocenters. The highest BCUT2D eigenvalue weighted by atomic mass is 16.5. The molecule has 0 aromatic carbocycles. The first-order valence-electron chi connectivity index (χ1n) is 5.45. The van der Waals surface area contributed by atoms with Crippen molar-refractivity contribution in [1.82, 2.24) is 0 Å². The lowest BCUT2D eigenvalue weighted by atomic mass is 9.90. The lowest BCUT2D eigenvalue weighted by Crippen LogP contribution is -2.41. The van der Waals surface area contributed by atoms with Crippen molar-refractivity contribution >= 4 is 5.97 Å². The van der Waals surface area contributed by atoms with Crippen molar-refractivity contribution < 1.29 is 19.4 Å². The average Bonchev–Trinajstić information content (AvgIpc) is 2.20. The Morgan fingerprint density at radius 1 is 1.60 bits per heavy atom. The minimum absolute atomic E-state index is 0.103. The molecular weight excluding hydrogens is 196 g/mol. The van der Waals surface area contributed by atoms with Crippen LogP contribution in [0.2, 0.25) is 0 Å². The fourth-order valence-electron chi connectivity index (χ4n) is 2.05. The lowest BCUT2D eigenvalue weighted by Gasteiger charge is -2.36. The van der Waals surface area contributed by atoms with E-state index in [-0.39, 0.29) is 24.6 Å². The van der Waals surface area contributed by atoms with E-state index in [0.29, 0.717) is 5.92 Å². The number of esters is 1. The van der Waals surface area contributed by atoms with Crippen molar-refractivity contribution in [2.75, 3.05) is 7.11 Å². The standard InChI is InChI=1S/C11H20O4/c1-7-4-5-9(6-10(13)14-3)15-11(7)8(2)12/h7-9,11-12H,4-6H2,1-3H3/t7-,8?,9+,11-/m0/s1. The summed E-state index contributed by atoms with van der Waals surface area (Å²) in [5.74, 6) is 0.0952. The quantitative estimate of drug-likeness (QED) is 0.718. The molecule has 0 radical (unpaired) electrons. The molecule has 1 unspecified atom stereocenters. The molecule has 1 fully saturated rings. The van der Waals surface area contributed by atoms with E-state index < -0.39 is 6.10 Å². The van der Waals surface area contributed by atoms with E-state index in [1.807, 2.05) is 0 Å². The molecule has 1 saturated heterocycles. The van der Waals surface area contributed by atoms with Gasteiger partial charge in [0.1, 0.15) is 0 Å². The largest absolute Gasteiger partial charge is 0.469 e. The zero-order valence-electron chi connectivity index (χ0n) is 9.60. The molecule has 88 valence electrons. The third kappa shape index (κ3) is 3.47. The highest BCUT2D eigenvalue weighted by molar-refractivity contribution is 5.69. The van der Waals surface area contributed by atoms with Gasteiger partial charge in [-0.05, 0) is 25.7 Å². The molecular formula is C11H20O4. The van der Waals surface area contributed by atoms with Gasteiger partial charge in [-0.25, -0.2) is 0 Å². The van der Waals surface area contributed by atoms with Crippen LogP contribution in [0.3, 0.4) is 0 Å². The van der Waals surface area contributed by atoms with Crippen LogP contribution in [-0.4, -0.2) is 36.5 Å². The van der Waals surface area contributed by atoms with Crippen molar-refractivity contribution in [2.45, 2.75) is 51.4 Å². The zero-order chi connectivity index (χ0) is 11.4. The van der Waals surface area contributed by atoms with Crippen LogP contribution in [0.1, 0.15) is 33.1 Å². The van der Waals surface area contributed by atoms with E-state index in [2.05, 4.69) is 11.7 Å². The first-order chi connectivity index (χ1) is 7.04. The summed E-state index contributed by atoms with van der Waals surface area (Å²) in [7, 11) is 1.37. The lowest BCUT2D eigenvalue weighted by molar-refractivity contribution is -0.155. The number of aliphatic hydroxyl groups excluding tert-OH is 1. The van der Waals surface area contributed by atoms with Gasteiger partial charge in [0.05, 0.1) is 31.8 Å². The van der Waals surface area contributed by atoms with E-state index in [1.165, 1.54) is 7.11 Å². The van der Waals surface area contributed by atoms with Gasteiger partial charge in [-0.3, -0.25) is 4.79 Å². The Labute approximate surface area is 90.6 Å². The smallest absolute Gasteiger partial charge is 0.308 e. The molecule has 0 spiro atoms. The molecule has 0 aromatic rings. The van der Waals surface area contributed by atoms with Gasteiger partial charge >= 0.3 is 5.97 Å². The Morgan fingerprint density at radius 3 is 2.80 bits per heavy atom. The monoisotopic (exact) mass is 216 g/mol. The summed E-state index contributed by atoms with van der Waals surface area (Å²) in [6.45, 7) is 3.79. The minimum Gasteiger partial charge on any atom is -0.469 e. The number of rotatable bonds is 3. The summed E-state index contributed by atoms with van der Waals surface area (Å²) in [5.41, 5.74) is 0. The van der Waals surface area contributed by atoms with Gasteiger partial charge in [0, 0.05) is 0 Å². The summed E-state index contributed by atoms with van der Waals surface area (Å²) in [6.07, 6.45) is 1.38. The van der Waals surface area contributed by atoms with Gasteiger partial charge in [0.2, 0.25) is 0 Å². The molecule has 4 nitrogen and oxygen atoms in total. The SMILES string of the molecule is COC(=O)C[C@H]1CC[C@H](C)[C@@H](C(C)O)O1. The first kappa shape index (κ1) is 12.5. The Bertz CT molecular complexity index is 215. The molecule has 1 aliphatic rings. The average molecular weight is 216 g/mol. The first-order valence-corrected chi connectivity index (χ1v) is 5.45. The van der Waals surface area contributed by atoms with Crippen molar-refractivity contribution in [1.29, 1.82) is 0 Å². The van der Waals surface area contributed by atoms with Crippen molar-refractivity contribution in [3.8, 4) is 0 Å². The second kappa shape index (κ2) is 5.47. The van der Waals surface area contributed by atoms with Gasteiger partial charge in [0.25, 0.3) is 0 Å². The van der Waals surface area contributed by atoms with Crippen molar-refractivity contribution in [3.63, 3.8) is 0 Å². The van der Waals surface area contributed by atoms with Crippen LogP contribution in [0.15, 0.2) is 0 Å². The number of methoxy groups -OCH3 is 1. The number of hydrogen-bond donors (Lipinski definition) is 1. The zero-order valence-corrected chi connectivity index (χ0v) is 9.60. The molecule has 0 aliphatic carbocycles. The van der Waals surface area contributed by atoms with Crippen LogP contribution >= 0.6 is 0 Å². The molecule has 1 aliphatic heterocycles. The maximum Gasteiger partial charge on any atom is 0.308 e. The third-order valence-electron chi connectivity index (χ3n) is 2.95. The molecule has 0 aromatic heterocycles. The number of hydrogen-bond acceptors (Lipinski definition) is 4. The molecule has 0 amide bonds. The second-order valence-corrected chi connectivity index (χ2v) is 4.30. The maximum atomic E-state index is 11.1. The summed E-state index contributed by atoms with van der Waals surface area (Å²) in [5, 5.41) is 9.52. The highest BCUT2D eigenvalue weighted by Gasteiger charge is 2.32.